The summed E-state index contributed by atoms with van der Waals surface area (Å²) in [6, 6.07) is 12.3. The van der Waals surface area contributed by atoms with Gasteiger partial charge >= 0.3 is 5.97 Å². The molecule has 0 saturated heterocycles. The predicted octanol–water partition coefficient (Wildman–Crippen LogP) is 4.00. The van der Waals surface area contributed by atoms with Gasteiger partial charge in [-0.05, 0) is 53.2 Å². The van der Waals surface area contributed by atoms with Crippen LogP contribution in [0.15, 0.2) is 46.9 Å². The zero-order chi connectivity index (χ0) is 14.5. The summed E-state index contributed by atoms with van der Waals surface area (Å²) in [5.41, 5.74) is 6.50. The summed E-state index contributed by atoms with van der Waals surface area (Å²) in [5.74, 6) is 0.564. The number of para-hydroxylation sites is 1. The Kier molecular flexibility index (Phi) is 4.63. The number of nitrogens with two attached hydrogens (primary N) is 1. The molecule has 0 aromatic heterocycles. The first kappa shape index (κ1) is 14.4. The van der Waals surface area contributed by atoms with E-state index in [9.17, 15) is 4.79 Å². The largest absolute Gasteiger partial charge is 0.462 e. The van der Waals surface area contributed by atoms with E-state index in [1.807, 2.05) is 18.2 Å². The number of hydrogen-bond acceptors (Lipinski definition) is 4. The SMILES string of the molecule is CCOC(=O)c1cc(N)ccc1Oc1ccccc1Br. The molecule has 0 radical (unpaired) electrons. The van der Waals surface area contributed by atoms with Crippen molar-refractivity contribution in [1.82, 2.24) is 0 Å². The van der Waals surface area contributed by atoms with Crippen LogP contribution in [0, 0.1) is 0 Å². The van der Waals surface area contributed by atoms with E-state index in [0.717, 1.165) is 4.47 Å². The van der Waals surface area contributed by atoms with E-state index in [1.165, 1.54) is 0 Å². The van der Waals surface area contributed by atoms with Crippen molar-refractivity contribution in [3.8, 4) is 11.5 Å². The van der Waals surface area contributed by atoms with Crippen molar-refractivity contribution in [3.63, 3.8) is 0 Å². The van der Waals surface area contributed by atoms with Gasteiger partial charge in [0.1, 0.15) is 17.1 Å². The number of halogens is 1. The van der Waals surface area contributed by atoms with Crippen LogP contribution in [-0.4, -0.2) is 12.6 Å². The lowest BCUT2D eigenvalue weighted by Crippen LogP contribution is -2.07. The fourth-order valence-corrected chi connectivity index (χ4v) is 2.02. The average molecular weight is 336 g/mol. The number of ether oxygens (including phenoxy) is 2. The van der Waals surface area contributed by atoms with Crippen molar-refractivity contribution in [2.75, 3.05) is 12.3 Å². The molecule has 0 bridgehead atoms. The third-order valence-corrected chi connectivity index (χ3v) is 3.21. The van der Waals surface area contributed by atoms with Crippen LogP contribution in [0.5, 0.6) is 11.5 Å². The molecule has 0 aliphatic carbocycles. The number of rotatable bonds is 4. The Labute approximate surface area is 125 Å². The molecule has 0 spiro atoms. The summed E-state index contributed by atoms with van der Waals surface area (Å²) in [7, 11) is 0. The summed E-state index contributed by atoms with van der Waals surface area (Å²) in [6.45, 7) is 2.04. The molecule has 0 fully saturated rings. The van der Waals surface area contributed by atoms with E-state index >= 15 is 0 Å². The molecule has 2 aromatic carbocycles. The summed E-state index contributed by atoms with van der Waals surface area (Å²) in [4.78, 5) is 11.9. The van der Waals surface area contributed by atoms with Crippen molar-refractivity contribution in [3.05, 3.63) is 52.5 Å². The maximum atomic E-state index is 11.9. The fourth-order valence-electron chi connectivity index (χ4n) is 1.65. The van der Waals surface area contributed by atoms with Crippen LogP contribution in [0.2, 0.25) is 0 Å². The molecular formula is C15H14BrNO3. The highest BCUT2D eigenvalue weighted by Crippen LogP contribution is 2.32. The Hall–Kier alpha value is -2.01. The number of carbonyl (C=O) groups is 1. The van der Waals surface area contributed by atoms with Crippen molar-refractivity contribution >= 4 is 27.6 Å². The van der Waals surface area contributed by atoms with Crippen LogP contribution in [0.25, 0.3) is 0 Å². The van der Waals surface area contributed by atoms with Gasteiger partial charge in [0.25, 0.3) is 0 Å². The summed E-state index contributed by atoms with van der Waals surface area (Å²) in [6.07, 6.45) is 0. The van der Waals surface area contributed by atoms with E-state index < -0.39 is 5.97 Å². The van der Waals surface area contributed by atoms with Gasteiger partial charge in [0.05, 0.1) is 11.1 Å². The van der Waals surface area contributed by atoms with Crippen molar-refractivity contribution in [1.29, 1.82) is 0 Å². The Bertz CT molecular complexity index is 628. The minimum Gasteiger partial charge on any atom is -0.462 e. The molecule has 0 heterocycles. The van der Waals surface area contributed by atoms with Gasteiger partial charge in [-0.25, -0.2) is 4.79 Å². The standard InChI is InChI=1S/C15H14BrNO3/c1-2-19-15(18)11-9-10(17)7-8-13(11)20-14-6-4-3-5-12(14)16/h3-9H,2,17H2,1H3. The van der Waals surface area contributed by atoms with Gasteiger partial charge < -0.3 is 15.2 Å². The van der Waals surface area contributed by atoms with Crippen LogP contribution < -0.4 is 10.5 Å². The second kappa shape index (κ2) is 6.43. The highest BCUT2D eigenvalue weighted by atomic mass is 79.9. The topological polar surface area (TPSA) is 61.5 Å². The molecule has 0 saturated carbocycles. The van der Waals surface area contributed by atoms with Gasteiger partial charge in [0.15, 0.2) is 0 Å². The van der Waals surface area contributed by atoms with Crippen LogP contribution in [-0.2, 0) is 4.74 Å². The first-order chi connectivity index (χ1) is 9.61. The molecule has 0 aliphatic rings. The highest BCUT2D eigenvalue weighted by Gasteiger charge is 2.15. The van der Waals surface area contributed by atoms with Gasteiger partial charge in [-0.3, -0.25) is 0 Å². The molecule has 0 atom stereocenters. The predicted molar refractivity (Wildman–Crippen MR) is 81.0 cm³/mol. The Morgan fingerprint density at radius 1 is 1.20 bits per heavy atom. The molecular weight excluding hydrogens is 322 g/mol. The number of benzene rings is 2. The number of nitrogen functional groups attached to an aromatic ring is 1. The van der Waals surface area contributed by atoms with Crippen molar-refractivity contribution < 1.29 is 14.3 Å². The van der Waals surface area contributed by atoms with Gasteiger partial charge in [-0.15, -0.1) is 0 Å². The summed E-state index contributed by atoms with van der Waals surface area (Å²) >= 11 is 3.39. The third-order valence-electron chi connectivity index (χ3n) is 2.56. The van der Waals surface area contributed by atoms with Crippen molar-refractivity contribution in [2.45, 2.75) is 6.92 Å². The summed E-state index contributed by atoms with van der Waals surface area (Å²) in [5, 5.41) is 0. The van der Waals surface area contributed by atoms with E-state index in [0.29, 0.717) is 29.4 Å². The van der Waals surface area contributed by atoms with Gasteiger partial charge in [-0.2, -0.15) is 0 Å². The molecule has 20 heavy (non-hydrogen) atoms. The molecule has 0 aliphatic heterocycles. The molecule has 5 heteroatoms. The first-order valence-electron chi connectivity index (χ1n) is 6.11. The number of anilines is 1. The molecule has 0 amide bonds. The lowest BCUT2D eigenvalue weighted by molar-refractivity contribution is 0.0523. The normalized spacial score (nSPS) is 10.1. The molecule has 0 unspecified atom stereocenters. The third kappa shape index (κ3) is 3.30. The van der Waals surface area contributed by atoms with E-state index in [2.05, 4.69) is 15.9 Å². The maximum Gasteiger partial charge on any atom is 0.342 e. The zero-order valence-corrected chi connectivity index (χ0v) is 12.5. The van der Waals surface area contributed by atoms with Gasteiger partial charge in [0, 0.05) is 5.69 Å². The number of esters is 1. The first-order valence-corrected chi connectivity index (χ1v) is 6.90. The lowest BCUT2D eigenvalue weighted by atomic mass is 10.2. The van der Waals surface area contributed by atoms with Crippen LogP contribution in [0.1, 0.15) is 17.3 Å². The van der Waals surface area contributed by atoms with E-state index in [4.69, 9.17) is 15.2 Å². The van der Waals surface area contributed by atoms with E-state index in [-0.39, 0.29) is 0 Å². The van der Waals surface area contributed by atoms with Crippen molar-refractivity contribution in [2.24, 2.45) is 0 Å². The zero-order valence-electron chi connectivity index (χ0n) is 10.9. The molecule has 2 N–H and O–H groups in total. The molecule has 104 valence electrons. The fraction of sp³-hybridized carbons (Fsp3) is 0.133. The molecule has 2 rings (SSSR count). The van der Waals surface area contributed by atoms with Crippen LogP contribution in [0.3, 0.4) is 0 Å². The maximum absolute atomic E-state index is 11.9. The Morgan fingerprint density at radius 3 is 2.65 bits per heavy atom. The average Bonchev–Trinajstić information content (AvgIpc) is 2.43. The highest BCUT2D eigenvalue weighted by molar-refractivity contribution is 9.10. The number of carbonyl (C=O) groups excluding carboxylic acids is 1. The second-order valence-electron chi connectivity index (χ2n) is 4.01. The van der Waals surface area contributed by atoms with E-state index in [1.54, 1.807) is 31.2 Å². The quantitative estimate of drug-likeness (QED) is 0.677. The second-order valence-corrected chi connectivity index (χ2v) is 4.86. The lowest BCUT2D eigenvalue weighted by Gasteiger charge is -2.12. The van der Waals surface area contributed by atoms with Crippen LogP contribution >= 0.6 is 15.9 Å². The monoisotopic (exact) mass is 335 g/mol. The van der Waals surface area contributed by atoms with Crippen LogP contribution in [0.4, 0.5) is 5.69 Å². The smallest absolute Gasteiger partial charge is 0.342 e. The Morgan fingerprint density at radius 2 is 1.95 bits per heavy atom. The molecule has 4 nitrogen and oxygen atoms in total. The summed E-state index contributed by atoms with van der Waals surface area (Å²) < 4.78 is 11.6. The minimum absolute atomic E-state index is 0.294. The minimum atomic E-state index is -0.457. The number of hydrogen-bond donors (Lipinski definition) is 1. The van der Waals surface area contributed by atoms with Gasteiger partial charge in [-0.1, -0.05) is 12.1 Å². The molecule has 2 aromatic rings. The van der Waals surface area contributed by atoms with Gasteiger partial charge in [0.2, 0.25) is 0 Å². The Balaban J connectivity index is 2.36.